The molecule has 0 saturated carbocycles. The fourth-order valence-corrected chi connectivity index (χ4v) is 3.09. The lowest BCUT2D eigenvalue weighted by molar-refractivity contribution is 0.101. The van der Waals surface area contributed by atoms with E-state index in [0.29, 0.717) is 24.3 Å². The number of piperazine rings is 1. The SMILES string of the molecule is CC(=O)c1cccc(NC(=O)N2CCN(c3ccccc3C)CC2)c1. The van der Waals surface area contributed by atoms with Crippen LogP contribution in [0.1, 0.15) is 22.8 Å². The zero-order chi connectivity index (χ0) is 17.8. The first-order chi connectivity index (χ1) is 12.0. The number of nitrogens with zero attached hydrogens (tertiary/aromatic N) is 2. The third kappa shape index (κ3) is 3.99. The summed E-state index contributed by atoms with van der Waals surface area (Å²) in [5, 5.41) is 2.89. The summed E-state index contributed by atoms with van der Waals surface area (Å²) in [6, 6.07) is 15.2. The number of amides is 2. The van der Waals surface area contributed by atoms with E-state index in [4.69, 9.17) is 0 Å². The van der Waals surface area contributed by atoms with Gasteiger partial charge < -0.3 is 15.1 Å². The molecule has 0 radical (unpaired) electrons. The molecule has 1 fully saturated rings. The van der Waals surface area contributed by atoms with Gasteiger partial charge in [0.2, 0.25) is 0 Å². The second-order valence-corrected chi connectivity index (χ2v) is 6.33. The van der Waals surface area contributed by atoms with Crippen LogP contribution < -0.4 is 10.2 Å². The van der Waals surface area contributed by atoms with Crippen molar-refractivity contribution in [3.8, 4) is 0 Å². The number of hydrogen-bond acceptors (Lipinski definition) is 3. The normalized spacial score (nSPS) is 14.3. The number of anilines is 2. The minimum atomic E-state index is -0.120. The first-order valence-electron chi connectivity index (χ1n) is 8.52. The molecule has 0 atom stereocenters. The van der Waals surface area contributed by atoms with Gasteiger partial charge in [-0.15, -0.1) is 0 Å². The highest BCUT2D eigenvalue weighted by Gasteiger charge is 2.22. The van der Waals surface area contributed by atoms with Crippen LogP contribution in [0.25, 0.3) is 0 Å². The highest BCUT2D eigenvalue weighted by atomic mass is 16.2. The zero-order valence-corrected chi connectivity index (χ0v) is 14.7. The molecule has 1 heterocycles. The number of para-hydroxylation sites is 1. The van der Waals surface area contributed by atoms with E-state index in [2.05, 4.69) is 29.3 Å². The van der Waals surface area contributed by atoms with Gasteiger partial charge in [0.15, 0.2) is 5.78 Å². The van der Waals surface area contributed by atoms with Crippen LogP contribution in [0.15, 0.2) is 48.5 Å². The van der Waals surface area contributed by atoms with Crippen LogP contribution in [-0.4, -0.2) is 42.9 Å². The minimum Gasteiger partial charge on any atom is -0.368 e. The number of carbonyl (C=O) groups is 2. The predicted molar refractivity (Wildman–Crippen MR) is 100 cm³/mol. The molecule has 2 amide bonds. The average molecular weight is 337 g/mol. The number of hydrogen-bond donors (Lipinski definition) is 1. The van der Waals surface area contributed by atoms with Gasteiger partial charge >= 0.3 is 6.03 Å². The molecule has 5 heteroatoms. The van der Waals surface area contributed by atoms with Crippen molar-refractivity contribution >= 4 is 23.2 Å². The van der Waals surface area contributed by atoms with Crippen LogP contribution in [0.3, 0.4) is 0 Å². The fourth-order valence-electron chi connectivity index (χ4n) is 3.09. The molecule has 1 aliphatic heterocycles. The first kappa shape index (κ1) is 17.0. The largest absolute Gasteiger partial charge is 0.368 e. The Morgan fingerprint density at radius 1 is 0.960 bits per heavy atom. The molecule has 2 aromatic rings. The monoisotopic (exact) mass is 337 g/mol. The van der Waals surface area contributed by atoms with E-state index < -0.39 is 0 Å². The number of carbonyl (C=O) groups excluding carboxylic acids is 2. The average Bonchev–Trinajstić information content (AvgIpc) is 2.62. The van der Waals surface area contributed by atoms with Crippen LogP contribution in [0.4, 0.5) is 16.2 Å². The van der Waals surface area contributed by atoms with Crippen LogP contribution in [-0.2, 0) is 0 Å². The van der Waals surface area contributed by atoms with Crippen molar-refractivity contribution in [1.29, 1.82) is 0 Å². The van der Waals surface area contributed by atoms with Crippen LogP contribution in [0, 0.1) is 6.92 Å². The van der Waals surface area contributed by atoms with Gasteiger partial charge in [-0.05, 0) is 37.6 Å². The molecule has 1 aliphatic rings. The maximum Gasteiger partial charge on any atom is 0.321 e. The Labute approximate surface area is 148 Å². The summed E-state index contributed by atoms with van der Waals surface area (Å²) in [6.45, 7) is 6.60. The van der Waals surface area contributed by atoms with E-state index in [9.17, 15) is 9.59 Å². The van der Waals surface area contributed by atoms with Crippen LogP contribution in [0.2, 0.25) is 0 Å². The number of urea groups is 1. The van der Waals surface area contributed by atoms with Crippen molar-refractivity contribution in [2.24, 2.45) is 0 Å². The van der Waals surface area contributed by atoms with Gasteiger partial charge in [0.05, 0.1) is 0 Å². The number of Topliss-reactive ketones (excluding diaryl/α,β-unsaturated/α-hetero) is 1. The number of ketones is 1. The number of nitrogens with one attached hydrogen (secondary N) is 1. The van der Waals surface area contributed by atoms with Gasteiger partial charge in [0.1, 0.15) is 0 Å². The van der Waals surface area contributed by atoms with E-state index >= 15 is 0 Å². The second-order valence-electron chi connectivity index (χ2n) is 6.33. The summed E-state index contributed by atoms with van der Waals surface area (Å²) in [5.74, 6) is -0.0112. The summed E-state index contributed by atoms with van der Waals surface area (Å²) in [4.78, 5) is 28.1. The van der Waals surface area contributed by atoms with Gasteiger partial charge in [0, 0.05) is 43.1 Å². The third-order valence-corrected chi connectivity index (χ3v) is 4.54. The number of benzene rings is 2. The maximum absolute atomic E-state index is 12.5. The Hall–Kier alpha value is -2.82. The fraction of sp³-hybridized carbons (Fsp3) is 0.300. The van der Waals surface area contributed by atoms with E-state index in [0.717, 1.165) is 13.1 Å². The van der Waals surface area contributed by atoms with Crippen LogP contribution >= 0.6 is 0 Å². The number of rotatable bonds is 3. The molecular weight excluding hydrogens is 314 g/mol. The molecule has 3 rings (SSSR count). The molecule has 2 aromatic carbocycles. The molecule has 0 aromatic heterocycles. The summed E-state index contributed by atoms with van der Waals surface area (Å²) in [5.41, 5.74) is 3.74. The van der Waals surface area contributed by atoms with Crippen molar-refractivity contribution in [2.45, 2.75) is 13.8 Å². The van der Waals surface area contributed by atoms with Gasteiger partial charge in [-0.2, -0.15) is 0 Å². The highest BCUT2D eigenvalue weighted by molar-refractivity contribution is 5.96. The van der Waals surface area contributed by atoms with Crippen molar-refractivity contribution in [3.63, 3.8) is 0 Å². The van der Waals surface area contributed by atoms with E-state index in [-0.39, 0.29) is 11.8 Å². The molecule has 1 saturated heterocycles. The van der Waals surface area contributed by atoms with Crippen molar-refractivity contribution in [1.82, 2.24) is 4.90 Å². The van der Waals surface area contributed by atoms with Gasteiger partial charge in [-0.25, -0.2) is 4.79 Å². The molecule has 1 N–H and O–H groups in total. The predicted octanol–water partition coefficient (Wildman–Crippen LogP) is 3.55. The van der Waals surface area contributed by atoms with Crippen molar-refractivity contribution in [3.05, 3.63) is 59.7 Å². The Morgan fingerprint density at radius 2 is 1.68 bits per heavy atom. The molecular formula is C20H23N3O2. The molecule has 0 aliphatic carbocycles. The number of aryl methyl sites for hydroxylation is 1. The topological polar surface area (TPSA) is 52.7 Å². The summed E-state index contributed by atoms with van der Waals surface area (Å²) >= 11 is 0. The van der Waals surface area contributed by atoms with Gasteiger partial charge in [-0.1, -0.05) is 30.3 Å². The summed E-state index contributed by atoms with van der Waals surface area (Å²) in [7, 11) is 0. The Balaban J connectivity index is 1.59. The summed E-state index contributed by atoms with van der Waals surface area (Å²) in [6.07, 6.45) is 0. The van der Waals surface area contributed by atoms with Crippen LogP contribution in [0.5, 0.6) is 0 Å². The second kappa shape index (κ2) is 7.38. The maximum atomic E-state index is 12.5. The van der Waals surface area contributed by atoms with Crippen molar-refractivity contribution in [2.75, 3.05) is 36.4 Å². The van der Waals surface area contributed by atoms with Gasteiger partial charge in [0.25, 0.3) is 0 Å². The Kier molecular flexibility index (Phi) is 5.03. The summed E-state index contributed by atoms with van der Waals surface area (Å²) < 4.78 is 0. The lowest BCUT2D eigenvalue weighted by atomic mass is 10.1. The molecule has 0 bridgehead atoms. The third-order valence-electron chi connectivity index (χ3n) is 4.54. The molecule has 0 unspecified atom stereocenters. The first-order valence-corrected chi connectivity index (χ1v) is 8.52. The smallest absolute Gasteiger partial charge is 0.321 e. The quantitative estimate of drug-likeness (QED) is 0.872. The highest BCUT2D eigenvalue weighted by Crippen LogP contribution is 2.21. The minimum absolute atomic E-state index is 0.0112. The van der Waals surface area contributed by atoms with E-state index in [1.807, 2.05) is 17.0 Å². The van der Waals surface area contributed by atoms with Gasteiger partial charge in [-0.3, -0.25) is 4.79 Å². The Bertz CT molecular complexity index is 780. The molecule has 0 spiro atoms. The van der Waals surface area contributed by atoms with Crippen molar-refractivity contribution < 1.29 is 9.59 Å². The molecule has 25 heavy (non-hydrogen) atoms. The lowest BCUT2D eigenvalue weighted by Gasteiger charge is -2.36. The molecule has 130 valence electrons. The van der Waals surface area contributed by atoms with E-state index in [1.54, 1.807) is 24.3 Å². The Morgan fingerprint density at radius 3 is 2.36 bits per heavy atom. The molecule has 5 nitrogen and oxygen atoms in total. The standard InChI is InChI=1S/C20H23N3O2/c1-15-6-3-4-9-19(15)22-10-12-23(13-11-22)20(25)21-18-8-5-7-17(14-18)16(2)24/h3-9,14H,10-13H2,1-2H3,(H,21,25). The zero-order valence-electron chi connectivity index (χ0n) is 14.7. The van der Waals surface area contributed by atoms with E-state index in [1.165, 1.54) is 18.2 Å². The lowest BCUT2D eigenvalue weighted by Crippen LogP contribution is -2.50.